The molecule has 2 rings (SSSR count). The Kier molecular flexibility index (Phi) is 5.43. The molecule has 0 amide bonds. The molecule has 0 aromatic heterocycles. The first-order valence-electron chi connectivity index (χ1n) is 7.14. The third-order valence-electron chi connectivity index (χ3n) is 3.87. The van der Waals surface area contributed by atoms with Gasteiger partial charge in [0.2, 0.25) is 0 Å². The lowest BCUT2D eigenvalue weighted by atomic mass is 10.1. The van der Waals surface area contributed by atoms with E-state index in [1.807, 2.05) is 0 Å². The summed E-state index contributed by atoms with van der Waals surface area (Å²) in [7, 11) is -8.07. The fourth-order valence-corrected chi connectivity index (χ4v) is 5.49. The zero-order valence-corrected chi connectivity index (χ0v) is 16.4. The number of sulfonamides is 2. The van der Waals surface area contributed by atoms with Crippen LogP contribution < -0.4 is 0 Å². The maximum absolute atomic E-state index is 12.7. The van der Waals surface area contributed by atoms with Gasteiger partial charge in [-0.1, -0.05) is 21.4 Å². The molecule has 8 nitrogen and oxygen atoms in total. The number of nitro benzene ring substituents is 1. The van der Waals surface area contributed by atoms with Crippen molar-refractivity contribution in [3.8, 4) is 0 Å². The van der Waals surface area contributed by atoms with Crippen molar-refractivity contribution in [1.82, 2.24) is 3.71 Å². The second-order valence-corrected chi connectivity index (χ2v) is 10.1. The lowest BCUT2D eigenvalue weighted by Crippen LogP contribution is -2.33. The second kappa shape index (κ2) is 6.95. The van der Waals surface area contributed by atoms with Crippen LogP contribution >= 0.6 is 11.6 Å². The van der Waals surface area contributed by atoms with Crippen LogP contribution in [0, 0.1) is 24.0 Å². The maximum Gasteiger partial charge on any atom is 0.289 e. The number of benzene rings is 2. The second-order valence-electron chi connectivity index (χ2n) is 5.51. The summed E-state index contributed by atoms with van der Waals surface area (Å²) in [4.78, 5) is 9.35. The third-order valence-corrected chi connectivity index (χ3v) is 8.42. The highest BCUT2D eigenvalue weighted by Crippen LogP contribution is 2.30. The van der Waals surface area contributed by atoms with Crippen molar-refractivity contribution in [1.29, 1.82) is 0 Å². The van der Waals surface area contributed by atoms with Gasteiger partial charge in [-0.2, -0.15) is 0 Å². The predicted molar refractivity (Wildman–Crippen MR) is 96.2 cm³/mol. The molecule has 0 aliphatic heterocycles. The van der Waals surface area contributed by atoms with Gasteiger partial charge in [-0.15, -0.1) is 0 Å². The van der Waals surface area contributed by atoms with Crippen molar-refractivity contribution in [3.63, 3.8) is 0 Å². The number of hydrogen-bond donors (Lipinski definition) is 0. The van der Waals surface area contributed by atoms with Gasteiger partial charge in [0.05, 0.1) is 14.7 Å². The van der Waals surface area contributed by atoms with Gasteiger partial charge in [0.15, 0.2) is 0 Å². The van der Waals surface area contributed by atoms with Crippen LogP contribution in [0.1, 0.15) is 11.1 Å². The van der Waals surface area contributed by atoms with E-state index in [0.717, 1.165) is 30.8 Å². The summed E-state index contributed by atoms with van der Waals surface area (Å²) in [6, 6.07) is 7.00. The minimum atomic E-state index is -4.56. The SMILES string of the molecule is Cc1ccc(S(=O)(=O)N(C)S(=O)(=O)c2ccc(Cl)c([N+](=O)[O-])c2)cc1C. The fraction of sp³-hybridized carbons (Fsp3) is 0.200. The van der Waals surface area contributed by atoms with E-state index in [2.05, 4.69) is 0 Å². The lowest BCUT2D eigenvalue weighted by molar-refractivity contribution is -0.384. The maximum atomic E-state index is 12.7. The van der Waals surface area contributed by atoms with Gasteiger partial charge < -0.3 is 0 Å². The summed E-state index contributed by atoms with van der Waals surface area (Å²) >= 11 is 5.67. The number of nitro groups is 1. The van der Waals surface area contributed by atoms with E-state index in [-0.39, 0.29) is 13.6 Å². The highest BCUT2D eigenvalue weighted by atomic mass is 35.5. The lowest BCUT2D eigenvalue weighted by Gasteiger charge is -2.18. The first kappa shape index (κ1) is 20.3. The Labute approximate surface area is 156 Å². The highest BCUT2D eigenvalue weighted by Gasteiger charge is 2.34. The average molecular weight is 419 g/mol. The molecule has 0 aliphatic rings. The minimum Gasteiger partial charge on any atom is -0.258 e. The quantitative estimate of drug-likeness (QED) is 0.544. The topological polar surface area (TPSA) is 115 Å². The Morgan fingerprint density at radius 1 is 0.923 bits per heavy atom. The minimum absolute atomic E-state index is 0.192. The molecule has 0 atom stereocenters. The van der Waals surface area contributed by atoms with Crippen LogP contribution in [-0.2, 0) is 20.0 Å². The van der Waals surface area contributed by atoms with Crippen LogP contribution in [0.4, 0.5) is 5.69 Å². The first-order valence-corrected chi connectivity index (χ1v) is 10.4. The van der Waals surface area contributed by atoms with Crippen molar-refractivity contribution < 1.29 is 21.8 Å². The Bertz CT molecular complexity index is 1100. The summed E-state index contributed by atoms with van der Waals surface area (Å²) in [6.45, 7) is 3.49. The molecular weight excluding hydrogens is 404 g/mol. The third kappa shape index (κ3) is 3.58. The predicted octanol–water partition coefficient (Wildman–Crippen LogP) is 2.87. The molecule has 140 valence electrons. The van der Waals surface area contributed by atoms with E-state index >= 15 is 0 Å². The van der Waals surface area contributed by atoms with Gasteiger partial charge in [0.1, 0.15) is 5.02 Å². The molecular formula is C15H15ClN2O6S2. The molecule has 0 N–H and O–H groups in total. The molecule has 0 heterocycles. The largest absolute Gasteiger partial charge is 0.289 e. The van der Waals surface area contributed by atoms with E-state index < -0.39 is 35.6 Å². The van der Waals surface area contributed by atoms with Crippen LogP contribution in [0.15, 0.2) is 46.2 Å². The van der Waals surface area contributed by atoms with Gasteiger partial charge in [-0.05, 0) is 49.2 Å². The molecule has 0 spiro atoms. The van der Waals surface area contributed by atoms with E-state index in [0.29, 0.717) is 5.56 Å². The van der Waals surface area contributed by atoms with Crippen molar-refractivity contribution in [2.75, 3.05) is 7.05 Å². The van der Waals surface area contributed by atoms with Crippen LogP contribution in [0.25, 0.3) is 0 Å². The standard InChI is InChI=1S/C15H15ClN2O6S2/c1-10-4-5-12(8-11(10)2)25(21,22)17(3)26(23,24)13-6-7-14(16)15(9-13)18(19)20/h4-9H,1-3H3. The van der Waals surface area contributed by atoms with Crippen LogP contribution in [0.5, 0.6) is 0 Å². The molecule has 0 unspecified atom stereocenters. The van der Waals surface area contributed by atoms with Gasteiger partial charge in [-0.3, -0.25) is 10.1 Å². The molecule has 0 fully saturated rings. The van der Waals surface area contributed by atoms with Gasteiger partial charge in [0, 0.05) is 13.1 Å². The van der Waals surface area contributed by atoms with Gasteiger partial charge in [0.25, 0.3) is 25.7 Å². The number of aryl methyl sites for hydroxylation is 2. The monoisotopic (exact) mass is 418 g/mol. The van der Waals surface area contributed by atoms with E-state index in [1.54, 1.807) is 19.9 Å². The van der Waals surface area contributed by atoms with Gasteiger partial charge in [-0.25, -0.2) is 16.8 Å². The van der Waals surface area contributed by atoms with Crippen molar-refractivity contribution in [2.24, 2.45) is 0 Å². The van der Waals surface area contributed by atoms with E-state index in [1.165, 1.54) is 12.1 Å². The average Bonchev–Trinajstić information content (AvgIpc) is 2.56. The molecule has 2 aromatic rings. The summed E-state index contributed by atoms with van der Waals surface area (Å²) in [6.07, 6.45) is 0. The zero-order valence-electron chi connectivity index (χ0n) is 14.0. The molecule has 0 saturated carbocycles. The van der Waals surface area contributed by atoms with Crippen LogP contribution in [0.3, 0.4) is 0 Å². The van der Waals surface area contributed by atoms with Crippen molar-refractivity contribution in [2.45, 2.75) is 23.6 Å². The van der Waals surface area contributed by atoms with E-state index in [9.17, 15) is 26.9 Å². The summed E-state index contributed by atoms with van der Waals surface area (Å²) in [5, 5.41) is 10.7. The molecule has 0 aliphatic carbocycles. The number of halogens is 1. The summed E-state index contributed by atoms with van der Waals surface area (Å²) < 4.78 is 50.9. The van der Waals surface area contributed by atoms with Crippen LogP contribution in [0.2, 0.25) is 5.02 Å². The van der Waals surface area contributed by atoms with Crippen LogP contribution in [-0.4, -0.2) is 32.5 Å². The molecule has 0 saturated heterocycles. The molecule has 2 aromatic carbocycles. The Balaban J connectivity index is 2.56. The fourth-order valence-electron chi connectivity index (χ4n) is 2.09. The molecule has 26 heavy (non-hydrogen) atoms. The molecule has 11 heteroatoms. The normalized spacial score (nSPS) is 12.3. The van der Waals surface area contributed by atoms with E-state index in [4.69, 9.17) is 11.6 Å². The Morgan fingerprint density at radius 3 is 1.92 bits per heavy atom. The Hall–Kier alpha value is -2.01. The zero-order chi connectivity index (χ0) is 19.9. The van der Waals surface area contributed by atoms with Crippen molar-refractivity contribution >= 4 is 37.3 Å². The first-order chi connectivity index (χ1) is 11.9. The molecule has 0 radical (unpaired) electrons. The smallest absolute Gasteiger partial charge is 0.258 e. The van der Waals surface area contributed by atoms with Gasteiger partial charge >= 0.3 is 0 Å². The number of nitrogens with zero attached hydrogens (tertiary/aromatic N) is 2. The number of rotatable bonds is 5. The number of hydrogen-bond acceptors (Lipinski definition) is 6. The highest BCUT2D eigenvalue weighted by molar-refractivity contribution is 8.04. The molecule has 0 bridgehead atoms. The summed E-state index contributed by atoms with van der Waals surface area (Å²) in [5.74, 6) is 0. The summed E-state index contributed by atoms with van der Waals surface area (Å²) in [5.41, 5.74) is 0.895. The Morgan fingerprint density at radius 2 is 1.42 bits per heavy atom. The van der Waals surface area contributed by atoms with Crippen molar-refractivity contribution in [3.05, 3.63) is 62.7 Å².